The van der Waals surface area contributed by atoms with Gasteiger partial charge in [-0.1, -0.05) is 26.8 Å². The number of thiophene rings is 1. The highest BCUT2D eigenvalue weighted by atomic mass is 32.1. The number of nitrogens with one attached hydrogen (secondary N) is 1. The van der Waals surface area contributed by atoms with Crippen molar-refractivity contribution in [1.29, 1.82) is 0 Å². The number of alkyl halides is 2. The molecular weight excluding hydrogens is 693 g/mol. The van der Waals surface area contributed by atoms with Gasteiger partial charge in [0.2, 0.25) is 17.7 Å². The Kier molecular flexibility index (Phi) is 10.3. The van der Waals surface area contributed by atoms with E-state index in [4.69, 9.17) is 14.2 Å². The molecule has 0 bridgehead atoms. The minimum Gasteiger partial charge on any atom is -0.464 e. The summed E-state index contributed by atoms with van der Waals surface area (Å²) in [6, 6.07) is 9.47. The first kappa shape index (κ1) is 37.1. The molecule has 3 N–H and O–H groups in total. The number of benzene rings is 2. The van der Waals surface area contributed by atoms with Crippen LogP contribution in [0.25, 0.3) is 21.1 Å². The molecule has 3 heterocycles. The second-order valence-corrected chi connectivity index (χ2v) is 16.3. The van der Waals surface area contributed by atoms with E-state index in [2.05, 4.69) is 5.32 Å². The van der Waals surface area contributed by atoms with Crippen molar-refractivity contribution in [3.63, 3.8) is 0 Å². The molecule has 0 saturated carbocycles. The Bertz CT molecular complexity index is 2000. The van der Waals surface area contributed by atoms with Crippen molar-refractivity contribution in [1.82, 2.24) is 15.1 Å². The number of hydrogen-bond donors (Lipinski definition) is 3. The summed E-state index contributed by atoms with van der Waals surface area (Å²) in [6.45, 7) is 5.64. The number of carbonyl (C=O) groups excluding carboxylic acids is 4. The zero-order valence-electron chi connectivity index (χ0n) is 28.2. The molecule has 0 spiro atoms. The fraction of sp³-hybridized carbons (Fsp3) is 0.412. The lowest BCUT2D eigenvalue weighted by Crippen LogP contribution is -2.58. The maximum atomic E-state index is 14.4. The van der Waals surface area contributed by atoms with E-state index in [9.17, 15) is 32.5 Å². The Hall–Kier alpha value is -4.17. The largest absolute Gasteiger partial charge is 0.464 e. The fourth-order valence-electron chi connectivity index (χ4n) is 5.91. The van der Waals surface area contributed by atoms with E-state index < -0.39 is 48.1 Å². The Balaban J connectivity index is 1.40. The Morgan fingerprint density at radius 3 is 2.44 bits per heavy atom. The number of furan rings is 1. The number of likely N-dealkylation sites (tertiary alicyclic amines) is 1. The summed E-state index contributed by atoms with van der Waals surface area (Å²) in [5.41, 5.74) is -4.95. The van der Waals surface area contributed by atoms with Gasteiger partial charge in [-0.05, 0) is 66.1 Å². The summed E-state index contributed by atoms with van der Waals surface area (Å²) < 4.78 is 46.0. The summed E-state index contributed by atoms with van der Waals surface area (Å²) in [6.07, 6.45) is 2.50. The summed E-state index contributed by atoms with van der Waals surface area (Å²) >= 11 is 0.972. The summed E-state index contributed by atoms with van der Waals surface area (Å²) in [5, 5.41) is 3.73. The van der Waals surface area contributed by atoms with Crippen molar-refractivity contribution in [2.24, 2.45) is 5.41 Å². The van der Waals surface area contributed by atoms with Crippen LogP contribution in [0.2, 0.25) is 0 Å². The van der Waals surface area contributed by atoms with Gasteiger partial charge in [0.05, 0.1) is 11.1 Å². The standard InChI is InChI=1S/C34H39F2N4O8PS/c1-33(2,3)29(37-30(42)27-19-21-17-22(8-11-26(21)50-27)34(35,36)49(45,46)47)32(44)40-14-6-7-24(40)31(43)39(15-12-28(41)38(4)5)23-9-10-25-20(18-23)13-16-48-25/h8-11,13,16-19,24,29H,6-7,12,14-15H2,1-5H3,(H,37,42)(H2,45,46,47)/t24-,29+/m0/s1. The second-order valence-electron chi connectivity index (χ2n) is 13.6. The average Bonchev–Trinajstić information content (AvgIpc) is 3.81. The number of amides is 4. The third kappa shape index (κ3) is 7.46. The Morgan fingerprint density at radius 1 is 1.06 bits per heavy atom. The van der Waals surface area contributed by atoms with Crippen molar-refractivity contribution < 1.29 is 46.7 Å². The van der Waals surface area contributed by atoms with Crippen LogP contribution in [-0.2, 0) is 24.6 Å². The molecule has 268 valence electrons. The summed E-state index contributed by atoms with van der Waals surface area (Å²) in [7, 11) is -2.53. The molecule has 16 heteroatoms. The number of fused-ring (bicyclic) bond motifs is 2. The molecule has 0 unspecified atom stereocenters. The third-order valence-electron chi connectivity index (χ3n) is 8.72. The van der Waals surface area contributed by atoms with Gasteiger partial charge in [0.25, 0.3) is 5.91 Å². The smallest absolute Gasteiger partial charge is 0.399 e. The van der Waals surface area contributed by atoms with Crippen LogP contribution < -0.4 is 10.2 Å². The molecule has 0 aliphatic carbocycles. The maximum absolute atomic E-state index is 14.4. The number of halogens is 2. The molecule has 1 fully saturated rings. The molecule has 4 aromatic rings. The first-order valence-corrected chi connectivity index (χ1v) is 18.3. The van der Waals surface area contributed by atoms with Gasteiger partial charge in [-0.25, -0.2) is 0 Å². The molecule has 0 radical (unpaired) electrons. The molecule has 1 aliphatic heterocycles. The van der Waals surface area contributed by atoms with E-state index in [0.717, 1.165) is 28.9 Å². The Labute approximate surface area is 291 Å². The first-order valence-electron chi connectivity index (χ1n) is 15.9. The zero-order valence-corrected chi connectivity index (χ0v) is 29.9. The second kappa shape index (κ2) is 13.9. The SMILES string of the molecule is CN(C)C(=O)CCN(C(=O)[C@@H]1CCCN1C(=O)[C@@H](NC(=O)c1cc2cc(C(F)(F)P(=O)(O)O)ccc2s1)C(C)(C)C)c1ccc2occc2c1. The monoisotopic (exact) mass is 732 g/mol. The lowest BCUT2D eigenvalue weighted by molar-refractivity contribution is -0.141. The molecule has 1 saturated heterocycles. The molecule has 1 aliphatic rings. The van der Waals surface area contributed by atoms with Gasteiger partial charge < -0.3 is 34.2 Å². The molecule has 2 aromatic carbocycles. The lowest BCUT2D eigenvalue weighted by Gasteiger charge is -2.36. The van der Waals surface area contributed by atoms with Gasteiger partial charge in [0.15, 0.2) is 0 Å². The van der Waals surface area contributed by atoms with Crippen molar-refractivity contribution in [2.75, 3.05) is 32.1 Å². The fourth-order valence-corrected chi connectivity index (χ4v) is 7.34. The van der Waals surface area contributed by atoms with E-state index in [1.54, 1.807) is 59.1 Å². The third-order valence-corrected chi connectivity index (χ3v) is 10.8. The van der Waals surface area contributed by atoms with Crippen LogP contribution in [-0.4, -0.2) is 82.5 Å². The van der Waals surface area contributed by atoms with Crippen molar-refractivity contribution in [3.8, 4) is 0 Å². The van der Waals surface area contributed by atoms with E-state index in [-0.39, 0.29) is 41.6 Å². The van der Waals surface area contributed by atoms with Crippen LogP contribution in [0, 0.1) is 5.41 Å². The highest BCUT2D eigenvalue weighted by Crippen LogP contribution is 2.59. The lowest BCUT2D eigenvalue weighted by atomic mass is 9.85. The van der Waals surface area contributed by atoms with Crippen LogP contribution in [0.1, 0.15) is 55.3 Å². The normalized spacial score (nSPS) is 16.1. The first-order chi connectivity index (χ1) is 23.3. The van der Waals surface area contributed by atoms with Crippen molar-refractivity contribution in [2.45, 2.75) is 57.8 Å². The molecule has 12 nitrogen and oxygen atoms in total. The van der Waals surface area contributed by atoms with Crippen LogP contribution in [0.5, 0.6) is 0 Å². The van der Waals surface area contributed by atoms with Gasteiger partial charge in [-0.2, -0.15) is 8.78 Å². The molecular formula is C34H39F2N4O8PS. The topological polar surface area (TPSA) is 161 Å². The summed E-state index contributed by atoms with van der Waals surface area (Å²) in [4.78, 5) is 77.5. The number of nitrogens with zero attached hydrogens (tertiary/aromatic N) is 3. The number of hydrogen-bond acceptors (Lipinski definition) is 7. The number of carbonyl (C=O) groups is 4. The molecule has 2 atom stereocenters. The predicted octanol–water partition coefficient (Wildman–Crippen LogP) is 5.52. The molecule has 5 rings (SSSR count). The van der Waals surface area contributed by atoms with E-state index >= 15 is 0 Å². The van der Waals surface area contributed by atoms with Crippen LogP contribution in [0.3, 0.4) is 0 Å². The molecule has 50 heavy (non-hydrogen) atoms. The predicted molar refractivity (Wildman–Crippen MR) is 185 cm³/mol. The summed E-state index contributed by atoms with van der Waals surface area (Å²) in [5.74, 6) is -1.66. The quantitative estimate of drug-likeness (QED) is 0.180. The Morgan fingerprint density at radius 2 is 1.78 bits per heavy atom. The van der Waals surface area contributed by atoms with Crippen LogP contribution in [0.4, 0.5) is 14.5 Å². The molecule has 4 amide bonds. The van der Waals surface area contributed by atoms with Gasteiger partial charge in [0, 0.05) is 54.9 Å². The number of rotatable bonds is 10. The maximum Gasteiger partial charge on any atom is 0.399 e. The van der Waals surface area contributed by atoms with E-state index in [1.165, 1.54) is 33.1 Å². The van der Waals surface area contributed by atoms with Crippen molar-refractivity contribution >= 4 is 69.3 Å². The number of anilines is 1. The van der Waals surface area contributed by atoms with Crippen LogP contribution in [0.15, 0.2) is 59.2 Å². The van der Waals surface area contributed by atoms with Gasteiger partial charge in [-0.15, -0.1) is 11.3 Å². The zero-order chi connectivity index (χ0) is 36.8. The highest BCUT2D eigenvalue weighted by molar-refractivity contribution is 7.52. The molecule has 2 aromatic heterocycles. The highest BCUT2D eigenvalue weighted by Gasteiger charge is 2.50. The minimum atomic E-state index is -5.80. The minimum absolute atomic E-state index is 0.0527. The average molecular weight is 733 g/mol. The van der Waals surface area contributed by atoms with Gasteiger partial charge >= 0.3 is 13.3 Å². The van der Waals surface area contributed by atoms with Gasteiger partial charge in [0.1, 0.15) is 17.7 Å². The van der Waals surface area contributed by atoms with Gasteiger partial charge in [-0.3, -0.25) is 23.7 Å². The van der Waals surface area contributed by atoms with Crippen molar-refractivity contribution in [3.05, 3.63) is 65.2 Å². The van der Waals surface area contributed by atoms with E-state index in [0.29, 0.717) is 28.8 Å². The van der Waals surface area contributed by atoms with E-state index in [1.807, 2.05) is 0 Å². The van der Waals surface area contributed by atoms with Crippen LogP contribution >= 0.6 is 18.9 Å².